The fourth-order valence-electron chi connectivity index (χ4n) is 2.80. The first-order chi connectivity index (χ1) is 11.2. The minimum atomic E-state index is -0.00699. The molecule has 1 atom stereocenters. The van der Waals surface area contributed by atoms with Crippen molar-refractivity contribution >= 4 is 22.4 Å². The number of ether oxygens (including phenoxy) is 1. The Balaban J connectivity index is 1.96. The van der Waals surface area contributed by atoms with Gasteiger partial charge in [-0.05, 0) is 32.9 Å². The number of benzene rings is 1. The Hall–Kier alpha value is -1.92. The molecule has 1 aromatic carbocycles. The van der Waals surface area contributed by atoms with E-state index in [9.17, 15) is 4.79 Å². The summed E-state index contributed by atoms with van der Waals surface area (Å²) in [6.07, 6.45) is -0.00699. The topological polar surface area (TPSA) is 49.1 Å². The van der Waals surface area contributed by atoms with Crippen molar-refractivity contribution in [3.05, 3.63) is 50.8 Å². The molecule has 0 spiro atoms. The van der Waals surface area contributed by atoms with Crippen LogP contribution in [0.5, 0.6) is 0 Å². The van der Waals surface area contributed by atoms with Crippen molar-refractivity contribution in [3.63, 3.8) is 0 Å². The molecule has 0 aliphatic carbocycles. The smallest absolute Gasteiger partial charge is 0.329 e. The molecule has 23 heavy (non-hydrogen) atoms. The van der Waals surface area contributed by atoms with Crippen LogP contribution in [0.3, 0.4) is 0 Å². The van der Waals surface area contributed by atoms with Gasteiger partial charge in [0.25, 0.3) is 0 Å². The molecular weight excluding hydrogens is 310 g/mol. The van der Waals surface area contributed by atoms with Crippen LogP contribution in [-0.4, -0.2) is 20.7 Å². The Kier molecular flexibility index (Phi) is 4.63. The van der Waals surface area contributed by atoms with E-state index in [-0.39, 0.29) is 11.8 Å². The van der Waals surface area contributed by atoms with E-state index >= 15 is 0 Å². The molecule has 0 radical (unpaired) electrons. The molecule has 2 aromatic heterocycles. The summed E-state index contributed by atoms with van der Waals surface area (Å²) in [6, 6.07) is 7.89. The number of aromatic nitrogens is 3. The van der Waals surface area contributed by atoms with Crippen molar-refractivity contribution in [1.29, 1.82) is 0 Å². The van der Waals surface area contributed by atoms with E-state index in [1.807, 2.05) is 50.4 Å². The van der Waals surface area contributed by atoms with Crippen LogP contribution < -0.4 is 5.69 Å². The lowest BCUT2D eigenvalue weighted by Gasteiger charge is -2.07. The van der Waals surface area contributed by atoms with E-state index in [4.69, 9.17) is 4.74 Å². The number of hydrogen-bond donors (Lipinski definition) is 0. The highest BCUT2D eigenvalue weighted by atomic mass is 32.1. The molecule has 0 fully saturated rings. The van der Waals surface area contributed by atoms with Gasteiger partial charge in [0, 0.05) is 18.5 Å². The van der Waals surface area contributed by atoms with Gasteiger partial charge in [-0.3, -0.25) is 9.13 Å². The highest BCUT2D eigenvalue weighted by molar-refractivity contribution is 7.09. The third-order valence-electron chi connectivity index (χ3n) is 3.90. The van der Waals surface area contributed by atoms with Crippen LogP contribution in [0.25, 0.3) is 11.0 Å². The van der Waals surface area contributed by atoms with Gasteiger partial charge in [-0.25, -0.2) is 9.78 Å². The molecule has 6 heteroatoms. The average molecular weight is 331 g/mol. The third-order valence-corrected chi connectivity index (χ3v) is 4.95. The number of aryl methyl sites for hydroxylation is 1. The quantitative estimate of drug-likeness (QED) is 0.695. The molecule has 0 N–H and O–H groups in total. The number of thiazole rings is 1. The summed E-state index contributed by atoms with van der Waals surface area (Å²) in [5, 5.41) is 2.96. The summed E-state index contributed by atoms with van der Waals surface area (Å²) in [5.41, 5.74) is 2.84. The van der Waals surface area contributed by atoms with Crippen LogP contribution >= 0.6 is 11.3 Å². The number of fused-ring (bicyclic) bond motifs is 1. The Bertz CT molecular complexity index is 862. The van der Waals surface area contributed by atoms with Gasteiger partial charge in [-0.1, -0.05) is 12.1 Å². The van der Waals surface area contributed by atoms with Crippen LogP contribution in [0, 0.1) is 0 Å². The molecular formula is C17H21N3O2S. The van der Waals surface area contributed by atoms with Gasteiger partial charge in [0.15, 0.2) is 0 Å². The first-order valence-corrected chi connectivity index (χ1v) is 8.77. The maximum atomic E-state index is 12.6. The molecule has 122 valence electrons. The van der Waals surface area contributed by atoms with Crippen molar-refractivity contribution in [2.24, 2.45) is 0 Å². The number of nitrogens with zero attached hydrogens (tertiary/aromatic N) is 3. The van der Waals surface area contributed by atoms with Crippen molar-refractivity contribution in [2.45, 2.75) is 40.0 Å². The number of imidazole rings is 1. The van der Waals surface area contributed by atoms with Gasteiger partial charge in [0.2, 0.25) is 0 Å². The third kappa shape index (κ3) is 2.96. The highest BCUT2D eigenvalue weighted by Gasteiger charge is 2.15. The van der Waals surface area contributed by atoms with Crippen LogP contribution in [0.1, 0.15) is 37.6 Å². The number of hydrogen-bond acceptors (Lipinski definition) is 4. The summed E-state index contributed by atoms with van der Waals surface area (Å²) >= 11 is 1.58. The van der Waals surface area contributed by atoms with Crippen molar-refractivity contribution in [2.75, 3.05) is 6.61 Å². The molecule has 0 saturated carbocycles. The standard InChI is InChI=1S/C17H21N3O2S/c1-4-19-14-8-6-7-9-15(14)20(17(19)21)10-13-11-23-16(18-13)12(3)22-5-2/h6-9,11-12H,4-5,10H2,1-3H3. The van der Waals surface area contributed by atoms with Crippen LogP contribution in [0.15, 0.2) is 34.4 Å². The van der Waals surface area contributed by atoms with Crippen molar-refractivity contribution in [1.82, 2.24) is 14.1 Å². The fraction of sp³-hybridized carbons (Fsp3) is 0.412. The molecule has 2 heterocycles. The second kappa shape index (κ2) is 6.68. The van der Waals surface area contributed by atoms with Gasteiger partial charge >= 0.3 is 5.69 Å². The van der Waals surface area contributed by atoms with Gasteiger partial charge < -0.3 is 4.74 Å². The maximum absolute atomic E-state index is 12.6. The predicted octanol–water partition coefficient (Wildman–Crippen LogP) is 3.43. The minimum absolute atomic E-state index is 0.00699. The summed E-state index contributed by atoms with van der Waals surface area (Å²) in [4.78, 5) is 17.3. The molecule has 0 aliphatic heterocycles. The SMILES string of the molecule is CCOC(C)c1nc(Cn2c(=O)n(CC)c3ccccc32)cs1. The second-order valence-corrected chi connectivity index (χ2v) is 6.27. The lowest BCUT2D eigenvalue weighted by Crippen LogP contribution is -2.24. The molecule has 0 bridgehead atoms. The van der Waals surface area contributed by atoms with Crippen LogP contribution in [-0.2, 0) is 17.8 Å². The van der Waals surface area contributed by atoms with E-state index in [1.54, 1.807) is 20.5 Å². The van der Waals surface area contributed by atoms with Crippen LogP contribution in [0.2, 0.25) is 0 Å². The van der Waals surface area contributed by atoms with Gasteiger partial charge in [0.05, 0.1) is 23.3 Å². The number of para-hydroxylation sites is 2. The van der Waals surface area contributed by atoms with E-state index in [0.29, 0.717) is 19.7 Å². The van der Waals surface area contributed by atoms with Crippen molar-refractivity contribution < 1.29 is 4.74 Å². The van der Waals surface area contributed by atoms with Crippen molar-refractivity contribution in [3.8, 4) is 0 Å². The first-order valence-electron chi connectivity index (χ1n) is 7.89. The van der Waals surface area contributed by atoms with E-state index in [1.165, 1.54) is 0 Å². The first kappa shape index (κ1) is 16.0. The maximum Gasteiger partial charge on any atom is 0.329 e. The molecule has 0 saturated heterocycles. The van der Waals surface area contributed by atoms with E-state index in [0.717, 1.165) is 21.7 Å². The Morgan fingerprint density at radius 2 is 1.91 bits per heavy atom. The highest BCUT2D eigenvalue weighted by Crippen LogP contribution is 2.22. The fourth-order valence-corrected chi connectivity index (χ4v) is 3.61. The van der Waals surface area contributed by atoms with E-state index < -0.39 is 0 Å². The minimum Gasteiger partial charge on any atom is -0.372 e. The van der Waals surface area contributed by atoms with Gasteiger partial charge in [-0.15, -0.1) is 11.3 Å². The molecule has 1 unspecified atom stereocenters. The molecule has 3 aromatic rings. The normalized spacial score (nSPS) is 12.8. The number of rotatable bonds is 6. The zero-order chi connectivity index (χ0) is 16.4. The lowest BCUT2D eigenvalue weighted by molar-refractivity contribution is 0.0761. The molecule has 0 amide bonds. The zero-order valence-corrected chi connectivity index (χ0v) is 14.5. The summed E-state index contributed by atoms with van der Waals surface area (Å²) in [6.45, 7) is 7.78. The van der Waals surface area contributed by atoms with Gasteiger partial charge in [-0.2, -0.15) is 0 Å². The average Bonchev–Trinajstić information content (AvgIpc) is 3.12. The van der Waals surface area contributed by atoms with E-state index in [2.05, 4.69) is 4.98 Å². The predicted molar refractivity (Wildman–Crippen MR) is 93.1 cm³/mol. The van der Waals surface area contributed by atoms with Crippen LogP contribution in [0.4, 0.5) is 0 Å². The molecule has 0 aliphatic rings. The summed E-state index contributed by atoms with van der Waals surface area (Å²) < 4.78 is 9.17. The Morgan fingerprint density at radius 1 is 1.22 bits per heavy atom. The Morgan fingerprint density at radius 3 is 2.57 bits per heavy atom. The van der Waals surface area contributed by atoms with Gasteiger partial charge in [0.1, 0.15) is 11.1 Å². The monoisotopic (exact) mass is 331 g/mol. The second-order valence-electron chi connectivity index (χ2n) is 5.38. The lowest BCUT2D eigenvalue weighted by atomic mass is 10.3. The zero-order valence-electron chi connectivity index (χ0n) is 13.7. The largest absolute Gasteiger partial charge is 0.372 e. The summed E-state index contributed by atoms with van der Waals surface area (Å²) in [5.74, 6) is 0. The molecule has 5 nitrogen and oxygen atoms in total. The summed E-state index contributed by atoms with van der Waals surface area (Å²) in [7, 11) is 0. The Labute approximate surface area is 139 Å². The molecule has 3 rings (SSSR count).